The summed E-state index contributed by atoms with van der Waals surface area (Å²) in [6.07, 6.45) is 0.585. The lowest BCUT2D eigenvalue weighted by molar-refractivity contribution is -0.00164. The Labute approximate surface area is 137 Å². The number of aliphatic hydroxyl groups is 1. The van der Waals surface area contributed by atoms with E-state index in [1.54, 1.807) is 11.8 Å². The predicted molar refractivity (Wildman–Crippen MR) is 87.0 cm³/mol. The fourth-order valence-corrected chi connectivity index (χ4v) is 3.03. The van der Waals surface area contributed by atoms with Crippen molar-refractivity contribution in [3.8, 4) is 0 Å². The molecule has 1 aliphatic heterocycles. The van der Waals surface area contributed by atoms with Crippen LogP contribution in [-0.2, 0) is 4.74 Å². The van der Waals surface area contributed by atoms with Gasteiger partial charge in [0.1, 0.15) is 5.60 Å². The lowest BCUT2D eigenvalue weighted by atomic mass is 10.0. The molecule has 0 bridgehead atoms. The number of hydrogen-bond acceptors (Lipinski definition) is 3. The number of carbonyl (C=O) groups excluding carboxylic acids is 1. The molecule has 0 spiro atoms. The van der Waals surface area contributed by atoms with E-state index < -0.39 is 11.7 Å². The van der Waals surface area contributed by atoms with Crippen LogP contribution in [0.1, 0.15) is 52.1 Å². The van der Waals surface area contributed by atoms with Gasteiger partial charge >= 0.3 is 6.09 Å². The van der Waals surface area contributed by atoms with Gasteiger partial charge in [-0.15, -0.1) is 0 Å². The van der Waals surface area contributed by atoms with Crippen molar-refractivity contribution < 1.29 is 14.6 Å². The second-order valence-corrected chi connectivity index (χ2v) is 7.28. The van der Waals surface area contributed by atoms with E-state index in [-0.39, 0.29) is 18.2 Å². The van der Waals surface area contributed by atoms with Crippen molar-refractivity contribution in [3.63, 3.8) is 0 Å². The highest BCUT2D eigenvalue weighted by atomic mass is 35.5. The first-order chi connectivity index (χ1) is 10.2. The largest absolute Gasteiger partial charge is 0.444 e. The maximum atomic E-state index is 12.6. The maximum Gasteiger partial charge on any atom is 0.411 e. The van der Waals surface area contributed by atoms with E-state index in [4.69, 9.17) is 16.3 Å². The normalized spacial score (nSPS) is 23.5. The zero-order valence-electron chi connectivity index (χ0n) is 13.5. The number of benzene rings is 1. The van der Waals surface area contributed by atoms with Crippen molar-refractivity contribution in [1.82, 2.24) is 4.90 Å². The Morgan fingerprint density at radius 3 is 2.41 bits per heavy atom. The van der Waals surface area contributed by atoms with Crippen LogP contribution in [0.25, 0.3) is 0 Å². The van der Waals surface area contributed by atoms with Crippen LogP contribution < -0.4 is 0 Å². The van der Waals surface area contributed by atoms with Gasteiger partial charge in [-0.1, -0.05) is 23.7 Å². The third kappa shape index (κ3) is 3.93. The first-order valence-electron chi connectivity index (χ1n) is 7.64. The maximum absolute atomic E-state index is 12.6. The third-order valence-corrected chi connectivity index (χ3v) is 4.10. The molecule has 5 heteroatoms. The molecule has 122 valence electrons. The summed E-state index contributed by atoms with van der Waals surface area (Å²) in [5, 5.41) is 10.7. The molecule has 0 aromatic heterocycles. The molecule has 3 atom stereocenters. The molecule has 1 aromatic rings. The van der Waals surface area contributed by atoms with Crippen molar-refractivity contribution in [2.45, 2.75) is 64.3 Å². The van der Waals surface area contributed by atoms with Gasteiger partial charge < -0.3 is 9.84 Å². The van der Waals surface area contributed by atoms with Crippen LogP contribution in [0.5, 0.6) is 0 Å². The molecule has 1 amide bonds. The molecule has 0 saturated carbocycles. The molecule has 1 aliphatic rings. The Hall–Kier alpha value is -1.26. The third-order valence-electron chi connectivity index (χ3n) is 3.84. The monoisotopic (exact) mass is 325 g/mol. The topological polar surface area (TPSA) is 49.8 Å². The van der Waals surface area contributed by atoms with Gasteiger partial charge in [-0.3, -0.25) is 4.90 Å². The number of rotatable bonds is 2. The molecule has 22 heavy (non-hydrogen) atoms. The Balaban J connectivity index is 2.28. The van der Waals surface area contributed by atoms with Gasteiger partial charge in [0.2, 0.25) is 0 Å². The summed E-state index contributed by atoms with van der Waals surface area (Å²) in [4.78, 5) is 14.3. The highest BCUT2D eigenvalue weighted by molar-refractivity contribution is 6.30. The molecule has 2 rings (SSSR count). The summed E-state index contributed by atoms with van der Waals surface area (Å²) in [5.74, 6) is 0. The van der Waals surface area contributed by atoms with Gasteiger partial charge in [0.15, 0.2) is 0 Å². The molecule has 0 aliphatic carbocycles. The Morgan fingerprint density at radius 1 is 1.32 bits per heavy atom. The summed E-state index contributed by atoms with van der Waals surface area (Å²) in [6, 6.07) is 7.17. The highest BCUT2D eigenvalue weighted by Crippen LogP contribution is 2.38. The molecule has 4 nitrogen and oxygen atoms in total. The van der Waals surface area contributed by atoms with Gasteiger partial charge in [0, 0.05) is 5.02 Å². The summed E-state index contributed by atoms with van der Waals surface area (Å²) < 4.78 is 5.53. The second kappa shape index (κ2) is 6.47. The van der Waals surface area contributed by atoms with E-state index in [1.807, 2.05) is 45.0 Å². The molecule has 0 radical (unpaired) electrons. The lowest BCUT2D eigenvalue weighted by Crippen LogP contribution is -2.45. The fourth-order valence-electron chi connectivity index (χ4n) is 2.90. The van der Waals surface area contributed by atoms with E-state index in [0.29, 0.717) is 5.02 Å². The molecular weight excluding hydrogens is 302 g/mol. The molecule has 3 unspecified atom stereocenters. The van der Waals surface area contributed by atoms with E-state index in [9.17, 15) is 9.90 Å². The number of nitrogens with zero attached hydrogens (tertiary/aromatic N) is 1. The predicted octanol–water partition coefficient (Wildman–Crippen LogP) is 4.16. The van der Waals surface area contributed by atoms with Crippen LogP contribution in [0.4, 0.5) is 4.79 Å². The Bertz CT molecular complexity index is 522. The van der Waals surface area contributed by atoms with Crippen molar-refractivity contribution >= 4 is 17.7 Å². The minimum Gasteiger partial charge on any atom is -0.444 e. The summed E-state index contributed by atoms with van der Waals surface area (Å²) in [7, 11) is 0. The van der Waals surface area contributed by atoms with Gasteiger partial charge in [0.25, 0.3) is 0 Å². The zero-order chi connectivity index (χ0) is 16.5. The van der Waals surface area contributed by atoms with E-state index in [1.165, 1.54) is 0 Å². The van der Waals surface area contributed by atoms with Crippen molar-refractivity contribution in [2.24, 2.45) is 0 Å². The quantitative estimate of drug-likeness (QED) is 0.888. The molecule has 1 heterocycles. The number of carbonyl (C=O) groups is 1. The number of halogens is 1. The minimum absolute atomic E-state index is 0.0910. The number of likely N-dealkylation sites (tertiary alicyclic amines) is 1. The summed E-state index contributed by atoms with van der Waals surface area (Å²) in [6.45, 7) is 7.24. The highest BCUT2D eigenvalue weighted by Gasteiger charge is 2.41. The number of aliphatic hydroxyl groups excluding tert-OH is 1. The number of ether oxygens (including phenoxy) is 1. The molecule has 1 fully saturated rings. The van der Waals surface area contributed by atoms with Crippen LogP contribution in [0.3, 0.4) is 0 Å². The van der Waals surface area contributed by atoms with E-state index in [2.05, 4.69) is 0 Å². The molecule has 1 saturated heterocycles. The SMILES string of the molecule is CC(O)C1CCC(c2ccc(Cl)cc2)N1C(=O)OC(C)(C)C. The fraction of sp³-hybridized carbons (Fsp3) is 0.588. The Kier molecular flexibility index (Phi) is 5.03. The standard InChI is InChI=1S/C17H24ClNO3/c1-11(20)14-9-10-15(12-5-7-13(18)8-6-12)19(14)16(21)22-17(2,3)4/h5-8,11,14-15,20H,9-10H2,1-4H3. The minimum atomic E-state index is -0.593. The van der Waals surface area contributed by atoms with E-state index >= 15 is 0 Å². The van der Waals surface area contributed by atoms with Gasteiger partial charge in [0.05, 0.1) is 18.2 Å². The average Bonchev–Trinajstić information content (AvgIpc) is 2.82. The number of hydrogen-bond donors (Lipinski definition) is 1. The van der Waals surface area contributed by atoms with Crippen molar-refractivity contribution in [2.75, 3.05) is 0 Å². The second-order valence-electron chi connectivity index (χ2n) is 6.84. The van der Waals surface area contributed by atoms with Crippen molar-refractivity contribution in [1.29, 1.82) is 0 Å². The average molecular weight is 326 g/mol. The van der Waals surface area contributed by atoms with Crippen LogP contribution in [0, 0.1) is 0 Å². The zero-order valence-corrected chi connectivity index (χ0v) is 14.3. The van der Waals surface area contributed by atoms with Gasteiger partial charge in [-0.25, -0.2) is 4.79 Å². The molecule has 1 N–H and O–H groups in total. The van der Waals surface area contributed by atoms with E-state index in [0.717, 1.165) is 18.4 Å². The molecule has 1 aromatic carbocycles. The van der Waals surface area contributed by atoms with Crippen LogP contribution in [-0.4, -0.2) is 33.8 Å². The van der Waals surface area contributed by atoms with Gasteiger partial charge in [-0.2, -0.15) is 0 Å². The summed E-state index contributed by atoms with van der Waals surface area (Å²) in [5.41, 5.74) is 0.450. The molecular formula is C17H24ClNO3. The smallest absolute Gasteiger partial charge is 0.411 e. The summed E-state index contributed by atoms with van der Waals surface area (Å²) >= 11 is 5.94. The van der Waals surface area contributed by atoms with Gasteiger partial charge in [-0.05, 0) is 58.2 Å². The lowest BCUT2D eigenvalue weighted by Gasteiger charge is -2.34. The van der Waals surface area contributed by atoms with Crippen molar-refractivity contribution in [3.05, 3.63) is 34.9 Å². The Morgan fingerprint density at radius 2 is 1.91 bits per heavy atom. The van der Waals surface area contributed by atoms with Crippen LogP contribution in [0.15, 0.2) is 24.3 Å². The first-order valence-corrected chi connectivity index (χ1v) is 8.01. The number of amides is 1. The first kappa shape index (κ1) is 17.1. The van der Waals surface area contributed by atoms with Crippen LogP contribution >= 0.6 is 11.6 Å². The van der Waals surface area contributed by atoms with Crippen LogP contribution in [0.2, 0.25) is 5.02 Å².